The molecule has 3 N–H and O–H groups in total. The smallest absolute Gasteiger partial charge is 0.276 e. The fraction of sp³-hybridized carbons (Fsp3) is 0.353. The molecule has 2 amide bonds. The summed E-state index contributed by atoms with van der Waals surface area (Å²) in [5, 5.41) is 12.8. The van der Waals surface area contributed by atoms with E-state index < -0.39 is 0 Å². The molecule has 0 spiro atoms. The van der Waals surface area contributed by atoms with Crippen molar-refractivity contribution in [1.29, 1.82) is 0 Å². The van der Waals surface area contributed by atoms with Crippen molar-refractivity contribution in [2.75, 3.05) is 29.6 Å². The highest BCUT2D eigenvalue weighted by atomic mass is 32.2. The van der Waals surface area contributed by atoms with Gasteiger partial charge in [0.1, 0.15) is 0 Å². The van der Waals surface area contributed by atoms with Gasteiger partial charge in [-0.15, -0.1) is 11.8 Å². The number of amides is 2. The summed E-state index contributed by atoms with van der Waals surface area (Å²) in [7, 11) is 0. The largest absolute Gasteiger partial charge is 0.381 e. The van der Waals surface area contributed by atoms with Crippen LogP contribution < -0.4 is 10.6 Å². The number of hydrogen-bond donors (Lipinski definition) is 3. The molecular weight excluding hydrogens is 340 g/mol. The lowest BCUT2D eigenvalue weighted by molar-refractivity contribution is -0.113. The Hall–Kier alpha value is -2.32. The van der Waals surface area contributed by atoms with Crippen molar-refractivity contribution in [3.05, 3.63) is 35.7 Å². The van der Waals surface area contributed by atoms with E-state index in [4.69, 9.17) is 4.74 Å². The fourth-order valence-corrected chi connectivity index (χ4v) is 3.82. The first-order chi connectivity index (χ1) is 12.2. The zero-order valence-electron chi connectivity index (χ0n) is 13.5. The standard InChI is InChI=1S/C17H18N4O3S/c22-16-9-25-15-2-1-11(7-13(15)19-16)18-17(23)14-8-12(20-21-14)10-3-5-24-6-4-10/h1-2,7-8,10H,3-6,9H2,(H,18,23)(H,19,22)(H,20,21). The van der Waals surface area contributed by atoms with Gasteiger partial charge in [0.15, 0.2) is 5.69 Å². The van der Waals surface area contributed by atoms with Crippen molar-refractivity contribution in [3.8, 4) is 0 Å². The lowest BCUT2D eigenvalue weighted by Crippen LogP contribution is -2.19. The number of nitrogens with one attached hydrogen (secondary N) is 3. The molecule has 1 aromatic carbocycles. The Morgan fingerprint density at radius 2 is 2.12 bits per heavy atom. The van der Waals surface area contributed by atoms with E-state index in [1.807, 2.05) is 12.1 Å². The number of H-pyrrole nitrogens is 1. The van der Waals surface area contributed by atoms with Crippen molar-refractivity contribution in [1.82, 2.24) is 10.2 Å². The van der Waals surface area contributed by atoms with Crippen LogP contribution in [0.4, 0.5) is 11.4 Å². The molecule has 1 saturated heterocycles. The van der Waals surface area contributed by atoms with Crippen LogP contribution in [0.3, 0.4) is 0 Å². The van der Waals surface area contributed by atoms with Gasteiger partial charge in [0.05, 0.1) is 11.4 Å². The van der Waals surface area contributed by atoms with Gasteiger partial charge in [-0.05, 0) is 37.1 Å². The molecule has 1 fully saturated rings. The molecule has 3 heterocycles. The number of carbonyl (C=O) groups is 2. The molecule has 7 nitrogen and oxygen atoms in total. The molecule has 0 saturated carbocycles. The maximum Gasteiger partial charge on any atom is 0.276 e. The molecule has 0 aliphatic carbocycles. The van der Waals surface area contributed by atoms with Crippen LogP contribution in [-0.4, -0.2) is 41.0 Å². The summed E-state index contributed by atoms with van der Waals surface area (Å²) in [6, 6.07) is 7.30. The number of aromatic amines is 1. The number of carbonyl (C=O) groups excluding carboxylic acids is 2. The molecule has 0 bridgehead atoms. The second-order valence-corrected chi connectivity index (χ2v) is 7.11. The summed E-state index contributed by atoms with van der Waals surface area (Å²) < 4.78 is 5.36. The van der Waals surface area contributed by atoms with Crippen LogP contribution in [0.15, 0.2) is 29.2 Å². The van der Waals surface area contributed by atoms with Crippen LogP contribution in [0.2, 0.25) is 0 Å². The number of nitrogens with zero attached hydrogens (tertiary/aromatic N) is 1. The van der Waals surface area contributed by atoms with Gasteiger partial charge in [-0.25, -0.2) is 0 Å². The van der Waals surface area contributed by atoms with Crippen molar-refractivity contribution in [2.45, 2.75) is 23.7 Å². The summed E-state index contributed by atoms with van der Waals surface area (Å²) in [5.41, 5.74) is 2.69. The Kier molecular flexibility index (Phi) is 4.46. The summed E-state index contributed by atoms with van der Waals surface area (Å²) in [4.78, 5) is 24.9. The molecule has 2 aliphatic rings. The Morgan fingerprint density at radius 1 is 1.28 bits per heavy atom. The first-order valence-corrected chi connectivity index (χ1v) is 9.19. The monoisotopic (exact) mass is 358 g/mol. The van der Waals surface area contributed by atoms with E-state index in [9.17, 15) is 9.59 Å². The normalized spacial score (nSPS) is 17.7. The van der Waals surface area contributed by atoms with Gasteiger partial charge in [-0.1, -0.05) is 0 Å². The maximum atomic E-state index is 12.4. The molecule has 2 aliphatic heterocycles. The van der Waals surface area contributed by atoms with Crippen LogP contribution in [0, 0.1) is 0 Å². The van der Waals surface area contributed by atoms with Gasteiger partial charge < -0.3 is 15.4 Å². The minimum Gasteiger partial charge on any atom is -0.381 e. The molecular formula is C17H18N4O3S. The summed E-state index contributed by atoms with van der Waals surface area (Å²) in [6.45, 7) is 1.48. The second kappa shape index (κ2) is 6.89. The third kappa shape index (κ3) is 3.54. The highest BCUT2D eigenvalue weighted by molar-refractivity contribution is 8.00. The summed E-state index contributed by atoms with van der Waals surface area (Å²) in [5.74, 6) is 0.471. The van der Waals surface area contributed by atoms with Crippen LogP contribution >= 0.6 is 11.8 Å². The Balaban J connectivity index is 1.46. The molecule has 2 aromatic rings. The second-order valence-electron chi connectivity index (χ2n) is 6.10. The number of thioether (sulfide) groups is 1. The lowest BCUT2D eigenvalue weighted by atomic mass is 9.96. The van der Waals surface area contributed by atoms with Gasteiger partial charge in [0.25, 0.3) is 5.91 Å². The number of rotatable bonds is 3. The molecule has 4 rings (SSSR count). The van der Waals surface area contributed by atoms with E-state index in [2.05, 4.69) is 20.8 Å². The van der Waals surface area contributed by atoms with E-state index in [1.54, 1.807) is 12.1 Å². The maximum absolute atomic E-state index is 12.4. The minimum absolute atomic E-state index is 0.0330. The van der Waals surface area contributed by atoms with Crippen molar-refractivity contribution in [2.24, 2.45) is 0 Å². The predicted molar refractivity (Wildman–Crippen MR) is 95.1 cm³/mol. The topological polar surface area (TPSA) is 96.1 Å². The number of hydrogen-bond acceptors (Lipinski definition) is 5. The van der Waals surface area contributed by atoms with Crippen molar-refractivity contribution >= 4 is 35.0 Å². The van der Waals surface area contributed by atoms with Gasteiger partial charge in [0.2, 0.25) is 5.91 Å². The Bertz CT molecular complexity index is 814. The molecule has 25 heavy (non-hydrogen) atoms. The lowest BCUT2D eigenvalue weighted by Gasteiger charge is -2.20. The Morgan fingerprint density at radius 3 is 2.96 bits per heavy atom. The summed E-state index contributed by atoms with van der Waals surface area (Å²) >= 11 is 1.49. The third-order valence-corrected chi connectivity index (χ3v) is 5.44. The van der Waals surface area contributed by atoms with Crippen LogP contribution in [0.5, 0.6) is 0 Å². The zero-order valence-corrected chi connectivity index (χ0v) is 14.3. The van der Waals surface area contributed by atoms with Gasteiger partial charge in [0, 0.05) is 35.4 Å². The first kappa shape index (κ1) is 16.2. The zero-order chi connectivity index (χ0) is 17.2. The first-order valence-electron chi connectivity index (χ1n) is 8.20. The van der Waals surface area contributed by atoms with E-state index >= 15 is 0 Å². The van der Waals surface area contributed by atoms with E-state index in [-0.39, 0.29) is 11.8 Å². The highest BCUT2D eigenvalue weighted by Crippen LogP contribution is 2.33. The molecule has 1 aromatic heterocycles. The predicted octanol–water partition coefficient (Wildman–Crippen LogP) is 2.60. The number of aromatic nitrogens is 2. The number of benzene rings is 1. The average Bonchev–Trinajstić information content (AvgIpc) is 3.12. The highest BCUT2D eigenvalue weighted by Gasteiger charge is 2.21. The minimum atomic E-state index is -0.274. The van der Waals surface area contributed by atoms with Crippen LogP contribution in [0.1, 0.15) is 34.9 Å². The van der Waals surface area contributed by atoms with E-state index in [1.165, 1.54) is 11.8 Å². The molecule has 0 radical (unpaired) electrons. The quantitative estimate of drug-likeness (QED) is 0.784. The van der Waals surface area contributed by atoms with Crippen LogP contribution in [0.25, 0.3) is 0 Å². The van der Waals surface area contributed by atoms with E-state index in [0.29, 0.717) is 23.1 Å². The number of ether oxygens (including phenoxy) is 1. The van der Waals surface area contributed by atoms with Crippen molar-refractivity contribution in [3.63, 3.8) is 0 Å². The molecule has 0 unspecified atom stereocenters. The molecule has 130 valence electrons. The third-order valence-electron chi connectivity index (χ3n) is 4.36. The van der Waals surface area contributed by atoms with Gasteiger partial charge in [-0.3, -0.25) is 14.7 Å². The Labute approximate surface area is 148 Å². The van der Waals surface area contributed by atoms with Crippen LogP contribution in [-0.2, 0) is 9.53 Å². The number of fused-ring (bicyclic) bond motifs is 1. The van der Waals surface area contributed by atoms with Crippen molar-refractivity contribution < 1.29 is 14.3 Å². The van der Waals surface area contributed by atoms with E-state index in [0.717, 1.165) is 42.3 Å². The number of anilines is 2. The molecule has 0 atom stereocenters. The SMILES string of the molecule is O=C1CSc2ccc(NC(=O)c3cc(C4CCOCC4)[nH]n3)cc2N1. The average molecular weight is 358 g/mol. The summed E-state index contributed by atoms with van der Waals surface area (Å²) in [6.07, 6.45) is 1.87. The van der Waals surface area contributed by atoms with Gasteiger partial charge in [-0.2, -0.15) is 5.10 Å². The molecule has 8 heteroatoms. The van der Waals surface area contributed by atoms with Gasteiger partial charge >= 0.3 is 0 Å². The fourth-order valence-electron chi connectivity index (χ4n) is 3.03.